The van der Waals surface area contributed by atoms with Crippen LogP contribution in [0.25, 0.3) is 0 Å². The number of hydrogen-bond donors (Lipinski definition) is 0. The van der Waals surface area contributed by atoms with E-state index in [0.717, 1.165) is 4.90 Å². The monoisotopic (exact) mass is 307 g/mol. The first kappa shape index (κ1) is 17.1. The van der Waals surface area contributed by atoms with Crippen molar-refractivity contribution in [2.45, 2.75) is 39.2 Å². The van der Waals surface area contributed by atoms with Crippen molar-refractivity contribution >= 4 is 29.3 Å². The Hall–Kier alpha value is -1.99. The van der Waals surface area contributed by atoms with Crippen LogP contribution >= 0.6 is 11.6 Å². The van der Waals surface area contributed by atoms with Crippen molar-refractivity contribution in [2.75, 3.05) is 4.90 Å². The molecule has 0 radical (unpaired) electrons. The number of carbonyl (C=O) groups is 2. The summed E-state index contributed by atoms with van der Waals surface area (Å²) in [5, 5.41) is 0.513. The fourth-order valence-electron chi connectivity index (χ4n) is 1.54. The number of imide groups is 1. The molecule has 21 heavy (non-hydrogen) atoms. The molecule has 0 bridgehead atoms. The maximum absolute atomic E-state index is 12.2. The van der Waals surface area contributed by atoms with Crippen LogP contribution in [0.3, 0.4) is 0 Å². The van der Waals surface area contributed by atoms with Gasteiger partial charge in [-0.2, -0.15) is 0 Å². The van der Waals surface area contributed by atoms with Gasteiger partial charge < -0.3 is 4.74 Å². The summed E-state index contributed by atoms with van der Waals surface area (Å²) in [7, 11) is 0. The van der Waals surface area contributed by atoms with E-state index in [1.54, 1.807) is 45.0 Å². The smallest absolute Gasteiger partial charge is 0.421 e. The molecule has 0 aromatic heterocycles. The first-order valence-electron chi connectivity index (χ1n) is 6.49. The Labute approximate surface area is 130 Å². The molecule has 1 aromatic carbocycles. The molecular weight excluding hydrogens is 290 g/mol. The van der Waals surface area contributed by atoms with Crippen molar-refractivity contribution in [2.24, 2.45) is 0 Å². The Morgan fingerprint density at radius 2 is 1.86 bits per heavy atom. The van der Waals surface area contributed by atoms with Gasteiger partial charge in [-0.1, -0.05) is 11.6 Å². The maximum Gasteiger partial charge on any atom is 0.421 e. The van der Waals surface area contributed by atoms with Crippen LogP contribution in [0.4, 0.5) is 10.5 Å². The summed E-state index contributed by atoms with van der Waals surface area (Å²) >= 11 is 5.82. The van der Waals surface area contributed by atoms with Gasteiger partial charge in [0.15, 0.2) is 0 Å². The highest BCUT2D eigenvalue weighted by Gasteiger charge is 2.28. The van der Waals surface area contributed by atoms with Gasteiger partial charge in [-0.15, -0.1) is 12.3 Å². The molecular formula is C16H18ClNO3. The minimum Gasteiger partial charge on any atom is -0.443 e. The first-order chi connectivity index (χ1) is 9.74. The quantitative estimate of drug-likeness (QED) is 0.792. The summed E-state index contributed by atoms with van der Waals surface area (Å²) in [5.74, 6) is 1.97. The van der Waals surface area contributed by atoms with E-state index in [4.69, 9.17) is 22.8 Å². The lowest BCUT2D eigenvalue weighted by molar-refractivity contribution is -0.118. The topological polar surface area (TPSA) is 46.6 Å². The summed E-state index contributed by atoms with van der Waals surface area (Å²) in [6, 6.07) is 6.37. The van der Waals surface area contributed by atoms with Crippen LogP contribution in [0.5, 0.6) is 0 Å². The molecule has 2 amide bonds. The van der Waals surface area contributed by atoms with Crippen molar-refractivity contribution in [3.8, 4) is 12.3 Å². The largest absolute Gasteiger partial charge is 0.443 e. The summed E-state index contributed by atoms with van der Waals surface area (Å²) in [4.78, 5) is 25.4. The molecule has 0 aliphatic carbocycles. The highest BCUT2D eigenvalue weighted by molar-refractivity contribution is 6.30. The Bertz CT molecular complexity index is 552. The molecule has 0 N–H and O–H groups in total. The van der Waals surface area contributed by atoms with Crippen molar-refractivity contribution in [3.05, 3.63) is 29.3 Å². The molecule has 112 valence electrons. The zero-order valence-electron chi connectivity index (χ0n) is 12.4. The number of anilines is 1. The zero-order valence-corrected chi connectivity index (χ0v) is 13.1. The zero-order chi connectivity index (χ0) is 16.0. The molecule has 0 heterocycles. The van der Waals surface area contributed by atoms with Gasteiger partial charge in [-0.05, 0) is 45.0 Å². The van der Waals surface area contributed by atoms with E-state index < -0.39 is 17.6 Å². The molecule has 0 aliphatic rings. The second kappa shape index (κ2) is 7.14. The standard InChI is InChI=1S/C16H18ClNO3/c1-5-6-7-14(19)18(15(20)21-16(2,3)4)13-10-8-12(17)9-11-13/h1,8-11H,6-7H2,2-4H3. The van der Waals surface area contributed by atoms with E-state index in [-0.39, 0.29) is 12.8 Å². The number of carbonyl (C=O) groups excluding carboxylic acids is 2. The van der Waals surface area contributed by atoms with Crippen molar-refractivity contribution < 1.29 is 14.3 Å². The number of hydrogen-bond acceptors (Lipinski definition) is 3. The Morgan fingerprint density at radius 3 is 2.33 bits per heavy atom. The summed E-state index contributed by atoms with van der Waals surface area (Å²) in [6.07, 6.45) is 4.75. The maximum atomic E-state index is 12.2. The molecule has 0 unspecified atom stereocenters. The fourth-order valence-corrected chi connectivity index (χ4v) is 1.67. The predicted molar refractivity (Wildman–Crippen MR) is 83.2 cm³/mol. The Morgan fingerprint density at radius 1 is 1.29 bits per heavy atom. The van der Waals surface area contributed by atoms with Gasteiger partial charge in [0.25, 0.3) is 0 Å². The summed E-state index contributed by atoms with van der Waals surface area (Å²) < 4.78 is 5.27. The van der Waals surface area contributed by atoms with Crippen molar-refractivity contribution in [1.29, 1.82) is 0 Å². The van der Waals surface area contributed by atoms with E-state index in [1.165, 1.54) is 0 Å². The van der Waals surface area contributed by atoms with E-state index in [2.05, 4.69) is 5.92 Å². The molecule has 1 aromatic rings. The van der Waals surface area contributed by atoms with E-state index in [0.29, 0.717) is 10.7 Å². The number of ether oxygens (including phenoxy) is 1. The van der Waals surface area contributed by atoms with Crippen LogP contribution in [0.15, 0.2) is 24.3 Å². The van der Waals surface area contributed by atoms with Crippen LogP contribution in [-0.4, -0.2) is 17.6 Å². The average molecular weight is 308 g/mol. The molecule has 0 saturated carbocycles. The van der Waals surface area contributed by atoms with Gasteiger partial charge in [0, 0.05) is 17.9 Å². The number of halogens is 1. The number of amides is 2. The molecule has 0 saturated heterocycles. The number of terminal acetylenes is 1. The third-order valence-electron chi connectivity index (χ3n) is 2.39. The van der Waals surface area contributed by atoms with E-state index >= 15 is 0 Å². The van der Waals surface area contributed by atoms with Crippen LogP contribution in [-0.2, 0) is 9.53 Å². The Kier molecular flexibility index (Phi) is 5.80. The van der Waals surface area contributed by atoms with Gasteiger partial charge >= 0.3 is 6.09 Å². The van der Waals surface area contributed by atoms with Crippen LogP contribution in [0.2, 0.25) is 5.02 Å². The van der Waals surface area contributed by atoms with Gasteiger partial charge in [0.2, 0.25) is 5.91 Å². The number of rotatable bonds is 3. The van der Waals surface area contributed by atoms with Gasteiger partial charge in [-0.3, -0.25) is 4.79 Å². The van der Waals surface area contributed by atoms with Gasteiger partial charge in [0.05, 0.1) is 5.69 Å². The van der Waals surface area contributed by atoms with E-state index in [9.17, 15) is 9.59 Å². The number of benzene rings is 1. The lowest BCUT2D eigenvalue weighted by Gasteiger charge is -2.26. The molecule has 5 heteroatoms. The van der Waals surface area contributed by atoms with Crippen LogP contribution < -0.4 is 4.90 Å². The SMILES string of the molecule is C#CCCC(=O)N(C(=O)OC(C)(C)C)c1ccc(Cl)cc1. The normalized spacial score (nSPS) is 10.6. The molecule has 0 aliphatic heterocycles. The minimum atomic E-state index is -0.730. The van der Waals surface area contributed by atoms with Crippen molar-refractivity contribution in [1.82, 2.24) is 0 Å². The van der Waals surface area contributed by atoms with Gasteiger partial charge in [0.1, 0.15) is 5.60 Å². The second-order valence-electron chi connectivity index (χ2n) is 5.39. The predicted octanol–water partition coefficient (Wildman–Crippen LogP) is 4.02. The summed E-state index contributed by atoms with van der Waals surface area (Å²) in [6.45, 7) is 5.20. The highest BCUT2D eigenvalue weighted by atomic mass is 35.5. The third kappa shape index (κ3) is 5.49. The summed E-state index contributed by atoms with van der Waals surface area (Å²) in [5.41, 5.74) is -0.301. The second-order valence-corrected chi connectivity index (χ2v) is 5.83. The minimum absolute atomic E-state index is 0.0678. The molecule has 0 spiro atoms. The van der Waals surface area contributed by atoms with Crippen LogP contribution in [0.1, 0.15) is 33.6 Å². The van der Waals surface area contributed by atoms with Gasteiger partial charge in [-0.25, -0.2) is 9.69 Å². The molecule has 1 rings (SSSR count). The highest BCUT2D eigenvalue weighted by Crippen LogP contribution is 2.22. The molecule has 0 fully saturated rings. The average Bonchev–Trinajstić information content (AvgIpc) is 2.37. The molecule has 4 nitrogen and oxygen atoms in total. The lowest BCUT2D eigenvalue weighted by Crippen LogP contribution is -2.41. The molecule has 0 atom stereocenters. The Balaban J connectivity index is 3.05. The van der Waals surface area contributed by atoms with E-state index in [1.807, 2.05) is 0 Å². The fraction of sp³-hybridized carbons (Fsp3) is 0.375. The van der Waals surface area contributed by atoms with Crippen molar-refractivity contribution in [3.63, 3.8) is 0 Å². The van der Waals surface area contributed by atoms with Crippen LogP contribution in [0, 0.1) is 12.3 Å². The first-order valence-corrected chi connectivity index (χ1v) is 6.87. The third-order valence-corrected chi connectivity index (χ3v) is 2.65. The number of nitrogens with zero attached hydrogens (tertiary/aromatic N) is 1. The lowest BCUT2D eigenvalue weighted by atomic mass is 10.2.